The van der Waals surface area contributed by atoms with Gasteiger partial charge in [-0.2, -0.15) is 0 Å². The van der Waals surface area contributed by atoms with E-state index in [4.69, 9.17) is 4.74 Å². The molecule has 0 atom stereocenters. The summed E-state index contributed by atoms with van der Waals surface area (Å²) in [5, 5.41) is 17.3. The van der Waals surface area contributed by atoms with Crippen molar-refractivity contribution in [1.29, 1.82) is 0 Å². The Kier molecular flexibility index (Phi) is 7.85. The normalized spacial score (nSPS) is 16.7. The fraction of sp³-hybridized carbons (Fsp3) is 0.800. The molecule has 0 N–H and O–H groups in total. The first-order valence-corrected chi connectivity index (χ1v) is 12.5. The summed E-state index contributed by atoms with van der Waals surface area (Å²) in [4.78, 5) is 14.5. The van der Waals surface area contributed by atoms with Crippen molar-refractivity contribution in [3.8, 4) is 0 Å². The maximum atomic E-state index is 12.0. The number of esters is 1. The average Bonchev–Trinajstić information content (AvgIpc) is 3.42. The summed E-state index contributed by atoms with van der Waals surface area (Å²) >= 11 is 0. The summed E-state index contributed by atoms with van der Waals surface area (Å²) in [5.41, 5.74) is 1.41. The van der Waals surface area contributed by atoms with Crippen molar-refractivity contribution in [2.24, 2.45) is 5.41 Å². The second-order valence-corrected chi connectivity index (χ2v) is 12.3. The number of piperidine rings is 1. The van der Waals surface area contributed by atoms with Gasteiger partial charge < -0.3 is 9.64 Å². The third-order valence-electron chi connectivity index (χ3n) is 6.66. The molecule has 0 aliphatic carbocycles. The minimum absolute atomic E-state index is 0.0357. The molecule has 1 aliphatic rings. The van der Waals surface area contributed by atoms with E-state index in [-0.39, 0.29) is 23.5 Å². The average molecular weight is 474 g/mol. The SMILES string of the molecule is CC(C)(C)C(=O)OCn1cc(C(C)(C)CCCN2CCC(n3cc(C(C)(C)C)nn3)CC2)nn1. The van der Waals surface area contributed by atoms with E-state index >= 15 is 0 Å². The second kappa shape index (κ2) is 10.1. The van der Waals surface area contributed by atoms with Crippen molar-refractivity contribution < 1.29 is 9.53 Å². The predicted molar refractivity (Wildman–Crippen MR) is 131 cm³/mol. The number of aromatic nitrogens is 6. The van der Waals surface area contributed by atoms with Gasteiger partial charge in [0.15, 0.2) is 6.73 Å². The minimum atomic E-state index is -0.526. The highest BCUT2D eigenvalue weighted by Crippen LogP contribution is 2.28. The van der Waals surface area contributed by atoms with E-state index in [9.17, 15) is 4.79 Å². The molecule has 9 heteroatoms. The number of carbonyl (C=O) groups is 1. The first-order chi connectivity index (χ1) is 15.8. The summed E-state index contributed by atoms with van der Waals surface area (Å²) in [5.74, 6) is -0.244. The van der Waals surface area contributed by atoms with Crippen molar-refractivity contribution in [3.63, 3.8) is 0 Å². The Morgan fingerprint density at radius 3 is 2.21 bits per heavy atom. The van der Waals surface area contributed by atoms with Crippen LogP contribution in [0.3, 0.4) is 0 Å². The van der Waals surface area contributed by atoms with Crippen LogP contribution in [-0.2, 0) is 27.1 Å². The van der Waals surface area contributed by atoms with Crippen LogP contribution in [0.2, 0.25) is 0 Å². The van der Waals surface area contributed by atoms with Gasteiger partial charge >= 0.3 is 5.97 Å². The van der Waals surface area contributed by atoms with Crippen molar-refractivity contribution in [1.82, 2.24) is 34.9 Å². The molecule has 1 fully saturated rings. The standard InChI is InChI=1S/C25H43N7O2/c1-23(2,3)20-17-32(29-26-20)19-10-14-30(15-11-19)13-9-12-25(7,8)21-16-31(28-27-21)18-34-22(33)24(4,5)6/h16-17,19H,9-15,18H2,1-8H3. The van der Waals surface area contributed by atoms with Gasteiger partial charge in [-0.25, -0.2) is 9.36 Å². The van der Waals surface area contributed by atoms with Crippen LogP contribution < -0.4 is 0 Å². The first kappa shape index (κ1) is 26.3. The zero-order valence-corrected chi connectivity index (χ0v) is 22.3. The second-order valence-electron chi connectivity index (χ2n) is 12.3. The van der Waals surface area contributed by atoms with E-state index in [0.717, 1.165) is 56.7 Å². The Morgan fingerprint density at radius 1 is 0.971 bits per heavy atom. The number of carbonyl (C=O) groups excluding carboxylic acids is 1. The fourth-order valence-corrected chi connectivity index (χ4v) is 4.09. The van der Waals surface area contributed by atoms with Crippen LogP contribution in [0.1, 0.15) is 98.5 Å². The van der Waals surface area contributed by atoms with Crippen molar-refractivity contribution in [2.75, 3.05) is 19.6 Å². The topological polar surface area (TPSA) is 91.0 Å². The van der Waals surface area contributed by atoms with Gasteiger partial charge in [0.2, 0.25) is 0 Å². The third-order valence-corrected chi connectivity index (χ3v) is 6.66. The lowest BCUT2D eigenvalue weighted by atomic mass is 9.84. The van der Waals surface area contributed by atoms with E-state index < -0.39 is 5.41 Å². The Balaban J connectivity index is 1.42. The van der Waals surface area contributed by atoms with Gasteiger partial charge in [0, 0.05) is 30.1 Å². The third kappa shape index (κ3) is 6.87. The fourth-order valence-electron chi connectivity index (χ4n) is 4.09. The zero-order valence-electron chi connectivity index (χ0n) is 22.3. The van der Waals surface area contributed by atoms with E-state index in [0.29, 0.717) is 6.04 Å². The van der Waals surface area contributed by atoms with Gasteiger partial charge in [-0.05, 0) is 53.0 Å². The molecule has 1 aliphatic heterocycles. The highest BCUT2D eigenvalue weighted by molar-refractivity contribution is 5.75. The van der Waals surface area contributed by atoms with Gasteiger partial charge in [-0.15, -0.1) is 10.2 Å². The number of nitrogens with zero attached hydrogens (tertiary/aromatic N) is 7. The molecule has 3 rings (SSSR count). The maximum absolute atomic E-state index is 12.0. The largest absolute Gasteiger partial charge is 0.442 e. The van der Waals surface area contributed by atoms with Crippen LogP contribution in [0.4, 0.5) is 0 Å². The van der Waals surface area contributed by atoms with Gasteiger partial charge in [0.1, 0.15) is 0 Å². The van der Waals surface area contributed by atoms with Crippen LogP contribution in [0.5, 0.6) is 0 Å². The number of hydrogen-bond acceptors (Lipinski definition) is 7. The summed E-state index contributed by atoms with van der Waals surface area (Å²) in [6, 6.07) is 0.443. The van der Waals surface area contributed by atoms with E-state index in [2.05, 4.69) is 71.0 Å². The Labute approximate surface area is 204 Å². The van der Waals surface area contributed by atoms with Gasteiger partial charge in [0.05, 0.1) is 29.0 Å². The molecule has 0 amide bonds. The molecule has 0 saturated carbocycles. The number of rotatable bonds is 8. The Morgan fingerprint density at radius 2 is 1.62 bits per heavy atom. The number of ether oxygens (including phenoxy) is 1. The monoisotopic (exact) mass is 473 g/mol. The molecule has 9 nitrogen and oxygen atoms in total. The van der Waals surface area contributed by atoms with E-state index in [1.165, 1.54) is 0 Å². The van der Waals surface area contributed by atoms with Crippen LogP contribution in [0.25, 0.3) is 0 Å². The van der Waals surface area contributed by atoms with Crippen molar-refractivity contribution >= 4 is 5.97 Å². The predicted octanol–water partition coefficient (Wildman–Crippen LogP) is 4.11. The highest BCUT2D eigenvalue weighted by atomic mass is 16.5. The van der Waals surface area contributed by atoms with E-state index in [1.807, 2.05) is 27.0 Å². The van der Waals surface area contributed by atoms with Crippen LogP contribution >= 0.6 is 0 Å². The molecular formula is C25H43N7O2. The molecule has 0 spiro atoms. The summed E-state index contributed by atoms with van der Waals surface area (Å²) < 4.78 is 9.01. The van der Waals surface area contributed by atoms with Gasteiger partial charge in [-0.3, -0.25) is 4.79 Å². The molecular weight excluding hydrogens is 430 g/mol. The first-order valence-electron chi connectivity index (χ1n) is 12.5. The smallest absolute Gasteiger partial charge is 0.313 e. The zero-order chi connectivity index (χ0) is 25.1. The summed E-state index contributed by atoms with van der Waals surface area (Å²) in [7, 11) is 0. The maximum Gasteiger partial charge on any atom is 0.313 e. The van der Waals surface area contributed by atoms with Crippen molar-refractivity contribution in [3.05, 3.63) is 23.8 Å². The quantitative estimate of drug-likeness (QED) is 0.533. The van der Waals surface area contributed by atoms with Gasteiger partial charge in [-0.1, -0.05) is 45.0 Å². The molecule has 34 heavy (non-hydrogen) atoms. The molecule has 0 aromatic carbocycles. The lowest BCUT2D eigenvalue weighted by molar-refractivity contribution is -0.157. The molecule has 0 radical (unpaired) electrons. The highest BCUT2D eigenvalue weighted by Gasteiger charge is 2.27. The molecule has 2 aromatic heterocycles. The molecule has 190 valence electrons. The van der Waals surface area contributed by atoms with Crippen molar-refractivity contribution in [2.45, 2.75) is 105 Å². The molecule has 0 unspecified atom stereocenters. The summed E-state index contributed by atoms with van der Waals surface area (Å²) in [6.45, 7) is 19.8. The summed E-state index contributed by atoms with van der Waals surface area (Å²) in [6.07, 6.45) is 8.35. The van der Waals surface area contributed by atoms with Crippen LogP contribution in [0.15, 0.2) is 12.4 Å². The minimum Gasteiger partial charge on any atom is -0.442 e. The van der Waals surface area contributed by atoms with Crippen LogP contribution in [-0.4, -0.2) is 60.5 Å². The number of likely N-dealkylation sites (tertiary alicyclic amines) is 1. The Bertz CT molecular complexity index is 941. The Hall–Kier alpha value is -2.29. The molecule has 0 bridgehead atoms. The molecule has 3 heterocycles. The van der Waals surface area contributed by atoms with Crippen LogP contribution in [0, 0.1) is 5.41 Å². The van der Waals surface area contributed by atoms with E-state index in [1.54, 1.807) is 4.68 Å². The van der Waals surface area contributed by atoms with Gasteiger partial charge in [0.25, 0.3) is 0 Å². The lowest BCUT2D eigenvalue weighted by Gasteiger charge is -2.32. The molecule has 2 aromatic rings. The lowest BCUT2D eigenvalue weighted by Crippen LogP contribution is -2.36. The molecule has 1 saturated heterocycles. The number of hydrogen-bond donors (Lipinski definition) is 0.